The van der Waals surface area contributed by atoms with Crippen LogP contribution in [0.1, 0.15) is 41.6 Å². The van der Waals surface area contributed by atoms with Crippen LogP contribution >= 0.6 is 0 Å². The van der Waals surface area contributed by atoms with Gasteiger partial charge < -0.3 is 0 Å². The monoisotopic (exact) mass is 311 g/mol. The highest BCUT2D eigenvalue weighted by atomic mass is 32.2. The van der Waals surface area contributed by atoms with Crippen LogP contribution in [-0.4, -0.2) is 32.4 Å². The van der Waals surface area contributed by atoms with E-state index in [4.69, 9.17) is 5.14 Å². The molecule has 1 amide bonds. The second-order valence-electron chi connectivity index (χ2n) is 5.39. The van der Waals surface area contributed by atoms with Crippen LogP contribution in [0.25, 0.3) is 0 Å². The van der Waals surface area contributed by atoms with E-state index in [0.717, 1.165) is 44.3 Å². The number of nitrogens with zero attached hydrogens (tertiary/aromatic N) is 1. The highest BCUT2D eigenvalue weighted by Gasteiger charge is 2.21. The summed E-state index contributed by atoms with van der Waals surface area (Å²) in [4.78, 5) is 12.2. The number of amides is 1. The number of rotatable bonds is 3. The number of sulfonamides is 1. The average molecular weight is 311 g/mol. The van der Waals surface area contributed by atoms with Crippen molar-refractivity contribution in [2.45, 2.75) is 37.5 Å². The van der Waals surface area contributed by atoms with Gasteiger partial charge in [0.05, 0.1) is 10.5 Å². The molecule has 1 aromatic rings. The Morgan fingerprint density at radius 1 is 1.19 bits per heavy atom. The Kier molecular flexibility index (Phi) is 4.97. The van der Waals surface area contributed by atoms with Gasteiger partial charge in [-0.3, -0.25) is 10.2 Å². The van der Waals surface area contributed by atoms with Crippen LogP contribution < -0.4 is 10.6 Å². The number of nitrogens with two attached hydrogens (primary N) is 1. The molecule has 1 fully saturated rings. The van der Waals surface area contributed by atoms with Crippen LogP contribution in [-0.2, 0) is 10.0 Å². The summed E-state index contributed by atoms with van der Waals surface area (Å²) >= 11 is 0. The number of hydrazine groups is 1. The van der Waals surface area contributed by atoms with Gasteiger partial charge in [0, 0.05) is 13.1 Å². The maximum absolute atomic E-state index is 12.4. The van der Waals surface area contributed by atoms with Crippen LogP contribution in [0.5, 0.6) is 0 Å². The lowest BCUT2D eigenvalue weighted by atomic mass is 10.1. The van der Waals surface area contributed by atoms with E-state index in [0.29, 0.717) is 0 Å². The molecule has 1 aliphatic rings. The molecule has 0 bridgehead atoms. The molecule has 0 spiro atoms. The van der Waals surface area contributed by atoms with Gasteiger partial charge in [-0.1, -0.05) is 24.5 Å². The predicted octanol–water partition coefficient (Wildman–Crippen LogP) is 1.16. The van der Waals surface area contributed by atoms with E-state index in [1.807, 2.05) is 5.01 Å². The second kappa shape index (κ2) is 6.55. The minimum Gasteiger partial charge on any atom is -0.285 e. The maximum atomic E-state index is 12.4. The molecule has 116 valence electrons. The molecule has 1 heterocycles. The Bertz CT molecular complexity index is 620. The molecular weight excluding hydrogens is 290 g/mol. The molecular formula is C14H21N3O3S. The van der Waals surface area contributed by atoms with E-state index in [-0.39, 0.29) is 10.5 Å². The van der Waals surface area contributed by atoms with Crippen molar-refractivity contribution >= 4 is 15.9 Å². The third-order valence-electron chi connectivity index (χ3n) is 3.55. The van der Waals surface area contributed by atoms with E-state index in [1.165, 1.54) is 6.07 Å². The summed E-state index contributed by atoms with van der Waals surface area (Å²) in [7, 11) is -3.92. The molecule has 0 unspecified atom stereocenters. The van der Waals surface area contributed by atoms with Gasteiger partial charge in [0.2, 0.25) is 10.0 Å². The highest BCUT2D eigenvalue weighted by Crippen LogP contribution is 2.17. The van der Waals surface area contributed by atoms with Gasteiger partial charge in [-0.15, -0.1) is 0 Å². The van der Waals surface area contributed by atoms with Gasteiger partial charge in [0.1, 0.15) is 0 Å². The van der Waals surface area contributed by atoms with Crippen molar-refractivity contribution in [2.75, 3.05) is 13.1 Å². The Hall–Kier alpha value is -1.44. The third-order valence-corrected chi connectivity index (χ3v) is 4.52. The van der Waals surface area contributed by atoms with Crippen LogP contribution in [0.2, 0.25) is 0 Å². The molecule has 6 nitrogen and oxygen atoms in total. The van der Waals surface area contributed by atoms with Gasteiger partial charge in [-0.05, 0) is 31.9 Å². The van der Waals surface area contributed by atoms with E-state index in [1.54, 1.807) is 19.1 Å². The lowest BCUT2D eigenvalue weighted by Gasteiger charge is -2.21. The lowest BCUT2D eigenvalue weighted by molar-refractivity contribution is 0.0790. The highest BCUT2D eigenvalue weighted by molar-refractivity contribution is 7.89. The lowest BCUT2D eigenvalue weighted by Crippen LogP contribution is -2.43. The number of hydrogen-bond acceptors (Lipinski definition) is 4. The molecule has 21 heavy (non-hydrogen) atoms. The first kappa shape index (κ1) is 15.9. The van der Waals surface area contributed by atoms with Gasteiger partial charge in [-0.2, -0.15) is 0 Å². The summed E-state index contributed by atoms with van der Waals surface area (Å²) in [6.07, 6.45) is 4.35. The number of aryl methyl sites for hydroxylation is 1. The molecule has 0 radical (unpaired) electrons. The van der Waals surface area contributed by atoms with Crippen LogP contribution in [0.4, 0.5) is 0 Å². The van der Waals surface area contributed by atoms with Crippen molar-refractivity contribution in [1.29, 1.82) is 0 Å². The normalized spacial score (nSPS) is 17.2. The molecule has 0 saturated carbocycles. The summed E-state index contributed by atoms with van der Waals surface area (Å²) < 4.78 is 23.2. The zero-order valence-corrected chi connectivity index (χ0v) is 12.9. The molecule has 7 heteroatoms. The molecule has 0 aliphatic carbocycles. The standard InChI is InChI=1S/C14H21N3O3S/c1-11-6-7-13(21(15,19)20)12(10-11)14(18)16-17-8-4-2-3-5-9-17/h6-7,10H,2-5,8-9H2,1H3,(H,16,18)(H2,15,19,20). The molecule has 0 atom stereocenters. The Labute approximate surface area is 125 Å². The van der Waals surface area contributed by atoms with Crippen molar-refractivity contribution in [3.05, 3.63) is 29.3 Å². The zero-order valence-electron chi connectivity index (χ0n) is 12.1. The summed E-state index contributed by atoms with van der Waals surface area (Å²) in [6, 6.07) is 4.55. The zero-order chi connectivity index (χ0) is 15.5. The van der Waals surface area contributed by atoms with E-state index in [9.17, 15) is 13.2 Å². The number of carbonyl (C=O) groups excluding carboxylic acids is 1. The van der Waals surface area contributed by atoms with Crippen LogP contribution in [0.3, 0.4) is 0 Å². The SMILES string of the molecule is Cc1ccc(S(N)(=O)=O)c(C(=O)NN2CCCCCC2)c1. The molecule has 0 aromatic heterocycles. The fourth-order valence-electron chi connectivity index (χ4n) is 2.46. The van der Waals surface area contributed by atoms with Crippen LogP contribution in [0, 0.1) is 6.92 Å². The molecule has 2 rings (SSSR count). The average Bonchev–Trinajstić information content (AvgIpc) is 2.65. The number of benzene rings is 1. The van der Waals surface area contributed by atoms with Crippen molar-refractivity contribution < 1.29 is 13.2 Å². The first-order valence-electron chi connectivity index (χ1n) is 7.07. The number of primary sulfonamides is 1. The van der Waals surface area contributed by atoms with Crippen LogP contribution in [0.15, 0.2) is 23.1 Å². The fraction of sp³-hybridized carbons (Fsp3) is 0.500. The van der Waals surface area contributed by atoms with Crippen molar-refractivity contribution in [3.8, 4) is 0 Å². The van der Waals surface area contributed by atoms with E-state index >= 15 is 0 Å². The van der Waals surface area contributed by atoms with Gasteiger partial charge in [0.25, 0.3) is 5.91 Å². The summed E-state index contributed by atoms with van der Waals surface area (Å²) in [5.41, 5.74) is 3.70. The summed E-state index contributed by atoms with van der Waals surface area (Å²) in [5.74, 6) is -0.426. The van der Waals surface area contributed by atoms with Crippen molar-refractivity contribution in [1.82, 2.24) is 10.4 Å². The minimum absolute atomic E-state index is 0.0988. The number of nitrogens with one attached hydrogen (secondary N) is 1. The van der Waals surface area contributed by atoms with Gasteiger partial charge >= 0.3 is 0 Å². The largest absolute Gasteiger partial charge is 0.285 e. The van der Waals surface area contributed by atoms with Crippen molar-refractivity contribution in [3.63, 3.8) is 0 Å². The number of hydrogen-bond donors (Lipinski definition) is 2. The first-order chi connectivity index (χ1) is 9.88. The van der Waals surface area contributed by atoms with E-state index < -0.39 is 15.9 Å². The molecule has 3 N–H and O–H groups in total. The van der Waals surface area contributed by atoms with Gasteiger partial charge in [-0.25, -0.2) is 18.6 Å². The first-order valence-corrected chi connectivity index (χ1v) is 8.62. The second-order valence-corrected chi connectivity index (χ2v) is 6.92. The maximum Gasteiger partial charge on any atom is 0.266 e. The molecule has 1 aromatic carbocycles. The summed E-state index contributed by atoms with van der Waals surface area (Å²) in [5, 5.41) is 7.03. The minimum atomic E-state index is -3.92. The van der Waals surface area contributed by atoms with Gasteiger partial charge in [0.15, 0.2) is 0 Å². The Balaban J connectivity index is 2.24. The van der Waals surface area contributed by atoms with Crippen molar-refractivity contribution in [2.24, 2.45) is 5.14 Å². The topological polar surface area (TPSA) is 92.5 Å². The molecule has 1 aliphatic heterocycles. The predicted molar refractivity (Wildman–Crippen MR) is 80.1 cm³/mol. The fourth-order valence-corrected chi connectivity index (χ4v) is 3.17. The Morgan fingerprint density at radius 3 is 2.38 bits per heavy atom. The smallest absolute Gasteiger partial charge is 0.266 e. The Morgan fingerprint density at radius 2 is 1.81 bits per heavy atom. The van der Waals surface area contributed by atoms with E-state index in [2.05, 4.69) is 5.43 Å². The third kappa shape index (κ3) is 4.26. The molecule has 1 saturated heterocycles. The summed E-state index contributed by atoms with van der Waals surface area (Å²) in [6.45, 7) is 3.36. The quantitative estimate of drug-likeness (QED) is 0.876. The number of carbonyl (C=O) groups is 1.